The number of nitrogens with zero attached hydrogens (tertiary/aromatic N) is 2. The molecule has 1 heterocycles. The molecule has 0 saturated carbocycles. The minimum absolute atomic E-state index is 0.0780. The van der Waals surface area contributed by atoms with Crippen LogP contribution >= 0.6 is 11.6 Å². The molecule has 0 spiro atoms. The highest BCUT2D eigenvalue weighted by molar-refractivity contribution is 6.30. The van der Waals surface area contributed by atoms with Crippen LogP contribution in [0.1, 0.15) is 58.6 Å². The van der Waals surface area contributed by atoms with Crippen molar-refractivity contribution in [1.82, 2.24) is 9.97 Å². The van der Waals surface area contributed by atoms with Gasteiger partial charge in [-0.05, 0) is 43.0 Å². The van der Waals surface area contributed by atoms with Crippen molar-refractivity contribution in [3.63, 3.8) is 0 Å². The van der Waals surface area contributed by atoms with Gasteiger partial charge in [0, 0.05) is 11.8 Å². The number of alkyl halides is 1. The highest BCUT2D eigenvalue weighted by atomic mass is 35.5. The minimum Gasteiger partial charge on any atom is -0.425 e. The monoisotopic (exact) mass is 388 g/mol. The number of aryl methyl sites for hydroxylation is 1. The van der Waals surface area contributed by atoms with Gasteiger partial charge in [0.05, 0.1) is 17.6 Å². The molecule has 2 rings (SSSR count). The van der Waals surface area contributed by atoms with Gasteiger partial charge in [-0.3, -0.25) is 14.8 Å². The Balaban J connectivity index is 1.93. The first kappa shape index (κ1) is 21.4. The normalized spacial score (nSPS) is 13.2. The summed E-state index contributed by atoms with van der Waals surface area (Å²) in [4.78, 5) is 21.1. The van der Waals surface area contributed by atoms with Crippen molar-refractivity contribution >= 4 is 17.6 Å². The fourth-order valence-corrected chi connectivity index (χ4v) is 2.89. The van der Waals surface area contributed by atoms with Gasteiger partial charge in [0.1, 0.15) is 11.1 Å². The van der Waals surface area contributed by atoms with Gasteiger partial charge in [0.15, 0.2) is 0 Å². The van der Waals surface area contributed by atoms with Crippen LogP contribution in [0.3, 0.4) is 0 Å². The molecule has 5 heteroatoms. The Bertz CT molecular complexity index is 701. The average Bonchev–Trinajstić information content (AvgIpc) is 2.71. The smallest absolute Gasteiger partial charge is 0.329 e. The average molecular weight is 389 g/mol. The molecule has 0 N–H and O–H groups in total. The molecule has 2 atom stereocenters. The predicted molar refractivity (Wildman–Crippen MR) is 110 cm³/mol. The van der Waals surface area contributed by atoms with Gasteiger partial charge in [0.25, 0.3) is 0 Å². The molecule has 0 aliphatic rings. The SMILES string of the molecule is CCCCCCc1cnc(-c2ccc(OC(=O)C(Cl)C(C)CC)cc2)cn1. The standard InChI is InChI=1S/C22H29ClN2O2/c1-4-6-7-8-9-18-14-25-20(15-24-18)17-10-12-19(13-11-17)27-22(26)21(23)16(3)5-2/h10-16,21H,4-9H2,1-3H3. The summed E-state index contributed by atoms with van der Waals surface area (Å²) >= 11 is 6.13. The van der Waals surface area contributed by atoms with Gasteiger partial charge in [-0.25, -0.2) is 0 Å². The number of halogens is 1. The maximum absolute atomic E-state index is 12.1. The minimum atomic E-state index is -0.634. The quantitative estimate of drug-likeness (QED) is 0.222. The number of benzene rings is 1. The first-order valence-corrected chi connectivity index (χ1v) is 10.3. The number of unbranched alkanes of at least 4 members (excludes halogenated alkanes) is 3. The molecule has 0 amide bonds. The predicted octanol–water partition coefficient (Wildman–Crippen LogP) is 5.83. The Morgan fingerprint density at radius 2 is 1.81 bits per heavy atom. The number of rotatable bonds is 10. The summed E-state index contributed by atoms with van der Waals surface area (Å²) in [5, 5.41) is -0.634. The number of ether oxygens (including phenoxy) is 1. The van der Waals surface area contributed by atoms with Crippen molar-refractivity contribution in [3.8, 4) is 17.0 Å². The molecule has 0 aliphatic carbocycles. The molecule has 1 aromatic carbocycles. The molecule has 2 aromatic rings. The van der Waals surface area contributed by atoms with Crippen LogP contribution in [0, 0.1) is 5.92 Å². The zero-order chi connectivity index (χ0) is 19.6. The molecule has 0 saturated heterocycles. The lowest BCUT2D eigenvalue weighted by atomic mass is 10.1. The van der Waals surface area contributed by atoms with Crippen LogP contribution in [0.15, 0.2) is 36.7 Å². The summed E-state index contributed by atoms with van der Waals surface area (Å²) in [5.74, 6) is 0.151. The molecule has 146 valence electrons. The third-order valence-corrected chi connectivity index (χ3v) is 5.34. The molecule has 0 radical (unpaired) electrons. The van der Waals surface area contributed by atoms with Gasteiger partial charge < -0.3 is 4.74 Å². The molecule has 0 fully saturated rings. The van der Waals surface area contributed by atoms with Crippen molar-refractivity contribution in [3.05, 3.63) is 42.4 Å². The van der Waals surface area contributed by atoms with Crippen LogP contribution in [-0.4, -0.2) is 21.3 Å². The van der Waals surface area contributed by atoms with E-state index in [0.29, 0.717) is 5.75 Å². The van der Waals surface area contributed by atoms with Gasteiger partial charge in [-0.1, -0.05) is 46.5 Å². The Kier molecular flexibility index (Phi) is 8.73. The molecular formula is C22H29ClN2O2. The van der Waals surface area contributed by atoms with Crippen LogP contribution in [0.5, 0.6) is 5.75 Å². The van der Waals surface area contributed by atoms with E-state index in [1.165, 1.54) is 19.3 Å². The zero-order valence-corrected chi connectivity index (χ0v) is 17.2. The maximum Gasteiger partial charge on any atom is 0.329 e. The molecule has 1 aromatic heterocycles. The highest BCUT2D eigenvalue weighted by Gasteiger charge is 2.23. The summed E-state index contributed by atoms with van der Waals surface area (Å²) in [6, 6.07) is 7.27. The van der Waals surface area contributed by atoms with Crippen LogP contribution in [-0.2, 0) is 11.2 Å². The van der Waals surface area contributed by atoms with Crippen molar-refractivity contribution in [2.24, 2.45) is 5.92 Å². The second-order valence-corrected chi connectivity index (χ2v) is 7.41. The topological polar surface area (TPSA) is 52.1 Å². The molecule has 2 unspecified atom stereocenters. The summed E-state index contributed by atoms with van der Waals surface area (Å²) in [7, 11) is 0. The third kappa shape index (κ3) is 6.62. The molecule has 0 aliphatic heterocycles. The lowest BCUT2D eigenvalue weighted by molar-refractivity contribution is -0.134. The van der Waals surface area contributed by atoms with Crippen LogP contribution in [0.2, 0.25) is 0 Å². The lowest BCUT2D eigenvalue weighted by Crippen LogP contribution is -2.26. The Morgan fingerprint density at radius 3 is 2.41 bits per heavy atom. The lowest BCUT2D eigenvalue weighted by Gasteiger charge is -2.14. The zero-order valence-electron chi connectivity index (χ0n) is 16.5. The van der Waals surface area contributed by atoms with Crippen LogP contribution in [0.4, 0.5) is 0 Å². The Hall–Kier alpha value is -1.94. The van der Waals surface area contributed by atoms with E-state index in [2.05, 4.69) is 16.9 Å². The maximum atomic E-state index is 12.1. The number of carbonyl (C=O) groups excluding carboxylic acids is 1. The number of hydrogen-bond donors (Lipinski definition) is 0. The highest BCUT2D eigenvalue weighted by Crippen LogP contribution is 2.22. The van der Waals surface area contributed by atoms with E-state index < -0.39 is 11.3 Å². The summed E-state index contributed by atoms with van der Waals surface area (Å²) in [6.07, 6.45) is 10.3. The molecular weight excluding hydrogens is 360 g/mol. The number of carbonyl (C=O) groups is 1. The first-order chi connectivity index (χ1) is 13.0. The van der Waals surface area contributed by atoms with E-state index in [9.17, 15) is 4.79 Å². The van der Waals surface area contributed by atoms with Gasteiger partial charge in [0.2, 0.25) is 0 Å². The molecule has 27 heavy (non-hydrogen) atoms. The van der Waals surface area contributed by atoms with Gasteiger partial charge >= 0.3 is 5.97 Å². The number of hydrogen-bond acceptors (Lipinski definition) is 4. The van der Waals surface area contributed by atoms with E-state index in [-0.39, 0.29) is 5.92 Å². The third-order valence-electron chi connectivity index (χ3n) is 4.73. The number of esters is 1. The van der Waals surface area contributed by atoms with E-state index in [1.54, 1.807) is 18.3 Å². The fourth-order valence-electron chi connectivity index (χ4n) is 2.67. The van der Waals surface area contributed by atoms with Crippen molar-refractivity contribution in [1.29, 1.82) is 0 Å². The first-order valence-electron chi connectivity index (χ1n) is 9.82. The second-order valence-electron chi connectivity index (χ2n) is 6.94. The summed E-state index contributed by atoms with van der Waals surface area (Å²) in [6.45, 7) is 6.15. The summed E-state index contributed by atoms with van der Waals surface area (Å²) < 4.78 is 5.37. The Morgan fingerprint density at radius 1 is 1.07 bits per heavy atom. The summed E-state index contributed by atoms with van der Waals surface area (Å²) in [5.41, 5.74) is 2.77. The van der Waals surface area contributed by atoms with Gasteiger partial charge in [-0.2, -0.15) is 0 Å². The van der Waals surface area contributed by atoms with Crippen LogP contribution < -0.4 is 4.74 Å². The van der Waals surface area contributed by atoms with E-state index in [1.807, 2.05) is 32.2 Å². The largest absolute Gasteiger partial charge is 0.425 e. The molecule has 0 bridgehead atoms. The number of aromatic nitrogens is 2. The van der Waals surface area contributed by atoms with Crippen molar-refractivity contribution < 1.29 is 9.53 Å². The van der Waals surface area contributed by atoms with Crippen LogP contribution in [0.25, 0.3) is 11.3 Å². The second kappa shape index (κ2) is 11.0. The van der Waals surface area contributed by atoms with Crippen molar-refractivity contribution in [2.45, 2.75) is 64.7 Å². The van der Waals surface area contributed by atoms with Crippen molar-refractivity contribution in [2.75, 3.05) is 0 Å². The van der Waals surface area contributed by atoms with E-state index in [0.717, 1.165) is 36.2 Å². The van der Waals surface area contributed by atoms with Gasteiger partial charge in [-0.15, -0.1) is 11.6 Å². The van der Waals surface area contributed by atoms with E-state index in [4.69, 9.17) is 16.3 Å². The van der Waals surface area contributed by atoms with E-state index >= 15 is 0 Å². The molecule has 4 nitrogen and oxygen atoms in total. The Labute approximate surface area is 167 Å². The fraction of sp³-hybridized carbons (Fsp3) is 0.500.